The molecule has 23 heavy (non-hydrogen) atoms. The smallest absolute Gasteiger partial charge is 0.224 e. The Morgan fingerprint density at radius 3 is 2.87 bits per heavy atom. The van der Waals surface area contributed by atoms with E-state index in [2.05, 4.69) is 19.1 Å². The van der Waals surface area contributed by atoms with Crippen LogP contribution in [0.4, 0.5) is 0 Å². The molecule has 4 rings (SSSR count). The third kappa shape index (κ3) is 1.94. The third-order valence-corrected chi connectivity index (χ3v) is 7.01. The first-order valence-corrected chi connectivity index (χ1v) is 8.66. The van der Waals surface area contributed by atoms with E-state index < -0.39 is 5.79 Å². The van der Waals surface area contributed by atoms with Crippen molar-refractivity contribution < 1.29 is 14.9 Å². The maximum atomic E-state index is 11.0. The second-order valence-electron chi connectivity index (χ2n) is 7.80. The van der Waals surface area contributed by atoms with Crippen LogP contribution in [0.1, 0.15) is 56.1 Å². The predicted octanol–water partition coefficient (Wildman–Crippen LogP) is 3.54. The number of aryl methyl sites for hydroxylation is 1. The number of benzene rings is 1. The molecule has 5 atom stereocenters. The molecule has 0 radical (unpaired) electrons. The van der Waals surface area contributed by atoms with Gasteiger partial charge in [0.1, 0.15) is 11.9 Å². The zero-order valence-electron chi connectivity index (χ0n) is 13.6. The van der Waals surface area contributed by atoms with E-state index in [-0.39, 0.29) is 5.41 Å². The van der Waals surface area contributed by atoms with E-state index in [1.54, 1.807) is 0 Å². The zero-order chi connectivity index (χ0) is 16.2. The van der Waals surface area contributed by atoms with Crippen LogP contribution in [0, 0.1) is 29.8 Å². The molecule has 2 N–H and O–H groups in total. The Hall–Kier alpha value is -1.66. The molecule has 2 saturated carbocycles. The summed E-state index contributed by atoms with van der Waals surface area (Å²) in [5.74, 6) is 0.737. The Kier molecular flexibility index (Phi) is 3.19. The van der Waals surface area contributed by atoms with Gasteiger partial charge in [-0.1, -0.05) is 19.4 Å². The molecular formula is C20H24O3. The van der Waals surface area contributed by atoms with Crippen molar-refractivity contribution in [1.29, 1.82) is 0 Å². The Labute approximate surface area is 137 Å². The summed E-state index contributed by atoms with van der Waals surface area (Å²) in [4.78, 5) is 0. The van der Waals surface area contributed by atoms with Gasteiger partial charge in [-0.25, -0.2) is 0 Å². The van der Waals surface area contributed by atoms with Crippen molar-refractivity contribution in [2.24, 2.45) is 17.3 Å². The highest BCUT2D eigenvalue weighted by atomic mass is 16.6. The topological polar surface area (TPSA) is 49.7 Å². The molecule has 0 aliphatic heterocycles. The second-order valence-corrected chi connectivity index (χ2v) is 7.80. The van der Waals surface area contributed by atoms with Crippen molar-refractivity contribution >= 4 is 0 Å². The molecule has 3 aliphatic carbocycles. The summed E-state index contributed by atoms with van der Waals surface area (Å²) in [5.41, 5.74) is 2.44. The van der Waals surface area contributed by atoms with Gasteiger partial charge in [-0.2, -0.15) is 0 Å². The van der Waals surface area contributed by atoms with E-state index in [0.29, 0.717) is 29.9 Å². The molecular weight excluding hydrogens is 288 g/mol. The number of hydrogen-bond acceptors (Lipinski definition) is 3. The van der Waals surface area contributed by atoms with Crippen LogP contribution in [0.5, 0.6) is 5.75 Å². The number of phenolic OH excluding ortho intramolecular Hbond substituents is 1. The Bertz CT molecular complexity index is 676. The minimum absolute atomic E-state index is 0.255. The summed E-state index contributed by atoms with van der Waals surface area (Å²) in [7, 11) is 0. The summed E-state index contributed by atoms with van der Waals surface area (Å²) in [6.45, 7) is 2.16. The van der Waals surface area contributed by atoms with Gasteiger partial charge in [0.25, 0.3) is 0 Å². The fourth-order valence-electron chi connectivity index (χ4n) is 5.81. The number of rotatable bonds is 1. The van der Waals surface area contributed by atoms with Crippen LogP contribution in [-0.4, -0.2) is 16.0 Å². The average molecular weight is 312 g/mol. The summed E-state index contributed by atoms with van der Waals surface area (Å²) >= 11 is 0. The van der Waals surface area contributed by atoms with Crippen molar-refractivity contribution in [3.05, 3.63) is 29.3 Å². The predicted molar refractivity (Wildman–Crippen MR) is 87.6 cm³/mol. The van der Waals surface area contributed by atoms with E-state index in [0.717, 1.165) is 32.1 Å². The van der Waals surface area contributed by atoms with Crippen LogP contribution in [-0.2, 0) is 11.2 Å². The monoisotopic (exact) mass is 312 g/mol. The first-order chi connectivity index (χ1) is 11.0. The molecule has 0 bridgehead atoms. The van der Waals surface area contributed by atoms with Crippen molar-refractivity contribution in [3.8, 4) is 18.3 Å². The van der Waals surface area contributed by atoms with Crippen molar-refractivity contribution in [2.75, 3.05) is 0 Å². The van der Waals surface area contributed by atoms with E-state index >= 15 is 0 Å². The molecule has 1 aromatic rings. The van der Waals surface area contributed by atoms with Gasteiger partial charge >= 0.3 is 0 Å². The van der Waals surface area contributed by atoms with Crippen LogP contribution >= 0.6 is 0 Å². The lowest BCUT2D eigenvalue weighted by Gasteiger charge is -2.52. The van der Waals surface area contributed by atoms with Gasteiger partial charge in [0.2, 0.25) is 5.79 Å². The minimum Gasteiger partial charge on any atom is -0.508 e. The highest BCUT2D eigenvalue weighted by Gasteiger charge is 2.63. The van der Waals surface area contributed by atoms with Gasteiger partial charge < -0.3 is 14.9 Å². The van der Waals surface area contributed by atoms with Gasteiger partial charge in [-0.05, 0) is 73.1 Å². The van der Waals surface area contributed by atoms with Gasteiger partial charge in [-0.3, -0.25) is 0 Å². The highest BCUT2D eigenvalue weighted by Crippen LogP contribution is 2.64. The van der Waals surface area contributed by atoms with Crippen molar-refractivity contribution in [2.45, 2.75) is 57.2 Å². The number of ether oxygens (including phenoxy) is 1. The van der Waals surface area contributed by atoms with Gasteiger partial charge in [0.15, 0.2) is 0 Å². The summed E-state index contributed by atoms with van der Waals surface area (Å²) in [6, 6.07) is 5.83. The van der Waals surface area contributed by atoms with Crippen LogP contribution in [0.25, 0.3) is 0 Å². The third-order valence-electron chi connectivity index (χ3n) is 7.01. The number of phenols is 1. The summed E-state index contributed by atoms with van der Waals surface area (Å²) in [6.07, 6.45) is 13.3. The van der Waals surface area contributed by atoms with Gasteiger partial charge in [0, 0.05) is 11.8 Å². The number of aliphatic hydroxyl groups is 1. The van der Waals surface area contributed by atoms with Crippen molar-refractivity contribution in [3.63, 3.8) is 0 Å². The Balaban J connectivity index is 1.69. The Morgan fingerprint density at radius 1 is 1.26 bits per heavy atom. The summed E-state index contributed by atoms with van der Waals surface area (Å²) in [5, 5.41) is 20.7. The van der Waals surface area contributed by atoms with Crippen LogP contribution in [0.15, 0.2) is 18.2 Å². The molecule has 0 amide bonds. The molecule has 3 aliphatic rings. The molecule has 3 nitrogen and oxygen atoms in total. The van der Waals surface area contributed by atoms with Gasteiger partial charge in [-0.15, -0.1) is 0 Å². The average Bonchev–Trinajstić information content (AvgIpc) is 2.79. The quantitative estimate of drug-likeness (QED) is 0.616. The fourth-order valence-corrected chi connectivity index (χ4v) is 5.81. The largest absolute Gasteiger partial charge is 0.508 e. The van der Waals surface area contributed by atoms with Crippen molar-refractivity contribution in [1.82, 2.24) is 0 Å². The normalized spacial score (nSPS) is 41.3. The Morgan fingerprint density at radius 2 is 2.09 bits per heavy atom. The molecule has 1 aromatic carbocycles. The minimum atomic E-state index is -1.17. The van der Waals surface area contributed by atoms with Crippen LogP contribution in [0.3, 0.4) is 0 Å². The molecule has 122 valence electrons. The fraction of sp³-hybridized carbons (Fsp3) is 0.600. The first kappa shape index (κ1) is 14.9. The SMILES string of the molecule is C#CO[C@]1(O)CC[C@@H]2[C@@H]3CCc4cc(O)ccc4[C@H]3CC[C@@]21C. The molecule has 0 spiro atoms. The van der Waals surface area contributed by atoms with E-state index in [1.165, 1.54) is 11.1 Å². The molecule has 3 heteroatoms. The lowest BCUT2D eigenvalue weighted by molar-refractivity contribution is -0.238. The molecule has 0 unspecified atom stereocenters. The molecule has 0 heterocycles. The summed E-state index contributed by atoms with van der Waals surface area (Å²) < 4.78 is 5.38. The first-order valence-electron chi connectivity index (χ1n) is 8.66. The maximum absolute atomic E-state index is 11.0. The number of terminal acetylenes is 1. The molecule has 2 fully saturated rings. The lowest BCUT2D eigenvalue weighted by atomic mass is 9.55. The lowest BCUT2D eigenvalue weighted by Crippen LogP contribution is -2.51. The van der Waals surface area contributed by atoms with Crippen LogP contribution in [0.2, 0.25) is 0 Å². The maximum Gasteiger partial charge on any atom is 0.224 e. The van der Waals surface area contributed by atoms with E-state index in [1.807, 2.05) is 12.1 Å². The highest BCUT2D eigenvalue weighted by molar-refractivity contribution is 5.40. The number of aromatic hydroxyl groups is 1. The van der Waals surface area contributed by atoms with Gasteiger partial charge in [0.05, 0.1) is 0 Å². The zero-order valence-corrected chi connectivity index (χ0v) is 13.6. The van der Waals surface area contributed by atoms with E-state index in [4.69, 9.17) is 11.2 Å². The molecule has 0 saturated heterocycles. The number of fused-ring (bicyclic) bond motifs is 5. The standard InChI is InChI=1S/C20H24O3/c1-3-23-20(22)11-9-18-17-6-4-13-12-14(21)5-7-15(13)16(17)8-10-19(18,20)2/h1,5,7,12,16-18,21-22H,4,6,8-11H2,2H3/t16-,17-,18-,19+,20-/m1/s1. The van der Waals surface area contributed by atoms with E-state index in [9.17, 15) is 10.2 Å². The molecule has 0 aromatic heterocycles. The second kappa shape index (κ2) is 4.92. The number of hydrogen-bond donors (Lipinski definition) is 2. The van der Waals surface area contributed by atoms with Crippen LogP contribution < -0.4 is 0 Å².